The maximum absolute atomic E-state index is 11.0. The van der Waals surface area contributed by atoms with Crippen LogP contribution in [0.5, 0.6) is 5.75 Å². The normalized spacial score (nSPS) is 10.8. The number of hydrogen-bond acceptors (Lipinski definition) is 4. The molecule has 1 aromatic heterocycles. The van der Waals surface area contributed by atoms with E-state index in [1.807, 2.05) is 13.8 Å². The van der Waals surface area contributed by atoms with Gasteiger partial charge in [-0.1, -0.05) is 17.7 Å². The number of halogens is 1. The number of nitro benzene ring substituents is 1. The zero-order chi connectivity index (χ0) is 14.7. The van der Waals surface area contributed by atoms with E-state index in [1.165, 1.54) is 6.07 Å². The van der Waals surface area contributed by atoms with E-state index in [0.29, 0.717) is 16.3 Å². The number of hydrogen-bond donors (Lipinski definition) is 0. The first kappa shape index (κ1) is 14.3. The van der Waals surface area contributed by atoms with Gasteiger partial charge in [0.2, 0.25) is 0 Å². The van der Waals surface area contributed by atoms with Gasteiger partial charge in [-0.05, 0) is 19.9 Å². The second-order valence-corrected chi connectivity index (χ2v) is 4.94. The number of rotatable bonds is 5. The molecule has 0 saturated heterocycles. The molecule has 0 bridgehead atoms. The first-order valence-corrected chi connectivity index (χ1v) is 6.45. The van der Waals surface area contributed by atoms with Crippen LogP contribution in [0.25, 0.3) is 0 Å². The molecule has 6 nitrogen and oxygen atoms in total. The highest BCUT2D eigenvalue weighted by Gasteiger charge is 2.17. The molecule has 2 aromatic rings. The van der Waals surface area contributed by atoms with E-state index in [4.69, 9.17) is 16.3 Å². The van der Waals surface area contributed by atoms with Crippen LogP contribution in [0.1, 0.15) is 25.5 Å². The lowest BCUT2D eigenvalue weighted by atomic mass is 10.2. The van der Waals surface area contributed by atoms with Gasteiger partial charge in [-0.3, -0.25) is 14.8 Å². The SMILES string of the molecule is CC(C)n1cc(OCc2c(Cl)cccc2[N+](=O)[O-])cn1. The van der Waals surface area contributed by atoms with Crippen molar-refractivity contribution in [2.45, 2.75) is 26.5 Å². The molecular weight excluding hydrogens is 282 g/mol. The molecule has 0 radical (unpaired) electrons. The molecule has 0 atom stereocenters. The molecule has 0 fully saturated rings. The van der Waals surface area contributed by atoms with Gasteiger partial charge in [0.1, 0.15) is 6.61 Å². The van der Waals surface area contributed by atoms with Crippen LogP contribution >= 0.6 is 11.6 Å². The first-order valence-electron chi connectivity index (χ1n) is 6.07. The van der Waals surface area contributed by atoms with Crippen molar-refractivity contribution in [3.8, 4) is 5.75 Å². The molecule has 20 heavy (non-hydrogen) atoms. The minimum Gasteiger partial charge on any atom is -0.485 e. The van der Waals surface area contributed by atoms with Crippen molar-refractivity contribution in [2.75, 3.05) is 0 Å². The Morgan fingerprint density at radius 2 is 2.25 bits per heavy atom. The van der Waals surface area contributed by atoms with Crippen LogP contribution in [-0.2, 0) is 6.61 Å². The van der Waals surface area contributed by atoms with E-state index in [-0.39, 0.29) is 18.3 Å². The number of ether oxygens (including phenoxy) is 1. The second kappa shape index (κ2) is 5.92. The van der Waals surface area contributed by atoms with Crippen molar-refractivity contribution in [3.05, 3.63) is 51.3 Å². The average Bonchev–Trinajstić information content (AvgIpc) is 2.86. The molecule has 1 heterocycles. The Morgan fingerprint density at radius 3 is 2.85 bits per heavy atom. The van der Waals surface area contributed by atoms with E-state index >= 15 is 0 Å². The summed E-state index contributed by atoms with van der Waals surface area (Å²) < 4.78 is 7.27. The molecule has 0 aliphatic carbocycles. The second-order valence-electron chi connectivity index (χ2n) is 4.53. The third-order valence-electron chi connectivity index (χ3n) is 2.78. The van der Waals surface area contributed by atoms with Gasteiger partial charge in [-0.15, -0.1) is 0 Å². The summed E-state index contributed by atoms with van der Waals surface area (Å²) in [6.07, 6.45) is 3.32. The molecule has 1 aromatic carbocycles. The number of nitro groups is 1. The predicted octanol–water partition coefficient (Wildman–Crippen LogP) is 3.60. The quantitative estimate of drug-likeness (QED) is 0.624. The smallest absolute Gasteiger partial charge is 0.277 e. The van der Waals surface area contributed by atoms with Crippen molar-refractivity contribution in [3.63, 3.8) is 0 Å². The van der Waals surface area contributed by atoms with Gasteiger partial charge in [0.25, 0.3) is 5.69 Å². The van der Waals surface area contributed by atoms with Gasteiger partial charge in [-0.2, -0.15) is 5.10 Å². The summed E-state index contributed by atoms with van der Waals surface area (Å²) in [7, 11) is 0. The largest absolute Gasteiger partial charge is 0.485 e. The van der Waals surface area contributed by atoms with Gasteiger partial charge in [0, 0.05) is 12.1 Å². The molecule has 7 heteroatoms. The van der Waals surface area contributed by atoms with E-state index in [1.54, 1.807) is 29.2 Å². The van der Waals surface area contributed by atoms with Gasteiger partial charge >= 0.3 is 0 Å². The van der Waals surface area contributed by atoms with Crippen molar-refractivity contribution in [1.82, 2.24) is 9.78 Å². The van der Waals surface area contributed by atoms with Crippen LogP contribution in [-0.4, -0.2) is 14.7 Å². The monoisotopic (exact) mass is 295 g/mol. The Balaban J connectivity index is 2.16. The van der Waals surface area contributed by atoms with E-state index in [0.717, 1.165) is 0 Å². The van der Waals surface area contributed by atoms with Crippen molar-refractivity contribution in [2.24, 2.45) is 0 Å². The van der Waals surface area contributed by atoms with Crippen LogP contribution in [0, 0.1) is 10.1 Å². The molecule has 0 spiro atoms. The van der Waals surface area contributed by atoms with Crippen molar-refractivity contribution in [1.29, 1.82) is 0 Å². The van der Waals surface area contributed by atoms with E-state index < -0.39 is 4.92 Å². The maximum Gasteiger partial charge on any atom is 0.277 e. The van der Waals surface area contributed by atoms with Crippen LogP contribution in [0.2, 0.25) is 5.02 Å². The lowest BCUT2D eigenvalue weighted by Gasteiger charge is -2.07. The minimum atomic E-state index is -0.470. The summed E-state index contributed by atoms with van der Waals surface area (Å²) in [5.41, 5.74) is 0.310. The molecule has 2 rings (SSSR count). The van der Waals surface area contributed by atoms with Crippen LogP contribution in [0.3, 0.4) is 0 Å². The Morgan fingerprint density at radius 1 is 1.50 bits per heavy atom. The number of aromatic nitrogens is 2. The lowest BCUT2D eigenvalue weighted by Crippen LogP contribution is -2.02. The Hall–Kier alpha value is -2.08. The highest BCUT2D eigenvalue weighted by atomic mass is 35.5. The molecule has 0 unspecified atom stereocenters. The summed E-state index contributed by atoms with van der Waals surface area (Å²) >= 11 is 5.99. The topological polar surface area (TPSA) is 70.2 Å². The maximum atomic E-state index is 11.0. The highest BCUT2D eigenvalue weighted by Crippen LogP contribution is 2.27. The molecule has 0 amide bonds. The summed E-state index contributed by atoms with van der Waals surface area (Å²) in [6.45, 7) is 4.02. The fourth-order valence-electron chi connectivity index (χ4n) is 1.69. The molecule has 0 aliphatic heterocycles. The Labute approximate surface area is 121 Å². The molecule has 0 saturated carbocycles. The summed E-state index contributed by atoms with van der Waals surface area (Å²) in [5.74, 6) is 0.549. The highest BCUT2D eigenvalue weighted by molar-refractivity contribution is 6.31. The van der Waals surface area contributed by atoms with E-state index in [9.17, 15) is 10.1 Å². The van der Waals surface area contributed by atoms with Gasteiger partial charge in [0.15, 0.2) is 5.75 Å². The summed E-state index contributed by atoms with van der Waals surface area (Å²) in [5, 5.41) is 15.4. The van der Waals surface area contributed by atoms with Gasteiger partial charge in [0.05, 0.1) is 27.9 Å². The van der Waals surface area contributed by atoms with Gasteiger partial charge < -0.3 is 4.74 Å². The number of nitrogens with zero attached hydrogens (tertiary/aromatic N) is 3. The third-order valence-corrected chi connectivity index (χ3v) is 3.14. The molecule has 106 valence electrons. The fourth-order valence-corrected chi connectivity index (χ4v) is 1.92. The van der Waals surface area contributed by atoms with Crippen LogP contribution in [0.4, 0.5) is 5.69 Å². The molecular formula is C13H14ClN3O3. The predicted molar refractivity (Wildman–Crippen MR) is 75.1 cm³/mol. The van der Waals surface area contributed by atoms with Crippen molar-refractivity contribution < 1.29 is 9.66 Å². The Kier molecular flexibility index (Phi) is 4.24. The minimum absolute atomic E-state index is 0.0276. The van der Waals surface area contributed by atoms with Crippen LogP contribution < -0.4 is 4.74 Å². The lowest BCUT2D eigenvalue weighted by molar-refractivity contribution is -0.385. The zero-order valence-electron chi connectivity index (χ0n) is 11.1. The van der Waals surface area contributed by atoms with E-state index in [2.05, 4.69) is 5.10 Å². The van der Waals surface area contributed by atoms with Gasteiger partial charge in [-0.25, -0.2) is 0 Å². The Bertz CT molecular complexity index is 625. The third kappa shape index (κ3) is 3.08. The average molecular weight is 296 g/mol. The molecule has 0 N–H and O–H groups in total. The fraction of sp³-hybridized carbons (Fsp3) is 0.308. The number of benzene rings is 1. The van der Waals surface area contributed by atoms with Crippen molar-refractivity contribution >= 4 is 17.3 Å². The van der Waals surface area contributed by atoms with Crippen LogP contribution in [0.15, 0.2) is 30.6 Å². The summed E-state index contributed by atoms with van der Waals surface area (Å²) in [6, 6.07) is 4.77. The standard InChI is InChI=1S/C13H14ClN3O3/c1-9(2)16-7-10(6-15-16)20-8-11-12(14)4-3-5-13(11)17(18)19/h3-7,9H,8H2,1-2H3. The summed E-state index contributed by atoms with van der Waals surface area (Å²) in [4.78, 5) is 10.5. The molecule has 0 aliphatic rings. The first-order chi connectivity index (χ1) is 9.49. The zero-order valence-corrected chi connectivity index (χ0v) is 11.9.